The second-order valence-corrected chi connectivity index (χ2v) is 6.31. The molecule has 1 aliphatic rings. The molecule has 0 aliphatic carbocycles. The Morgan fingerprint density at radius 3 is 2.67 bits per heavy atom. The van der Waals surface area contributed by atoms with Crippen molar-refractivity contribution >= 4 is 11.8 Å². The van der Waals surface area contributed by atoms with Crippen molar-refractivity contribution in [1.29, 1.82) is 0 Å². The van der Waals surface area contributed by atoms with Crippen molar-refractivity contribution in [1.82, 2.24) is 25.4 Å². The molecule has 2 aromatic heterocycles. The highest BCUT2D eigenvalue weighted by Gasteiger charge is 2.29. The Balaban J connectivity index is 1.55. The SMILES string of the molecule is O=C(NCC(F)(F)F)c1cc(C2CCN(C(=O)c3cccnc3)CC2)[nH]n1. The van der Waals surface area contributed by atoms with E-state index in [0.29, 0.717) is 37.2 Å². The summed E-state index contributed by atoms with van der Waals surface area (Å²) in [6, 6.07) is 4.88. The van der Waals surface area contributed by atoms with Crippen LogP contribution in [0.1, 0.15) is 45.3 Å². The molecule has 0 spiro atoms. The van der Waals surface area contributed by atoms with Gasteiger partial charge in [-0.3, -0.25) is 19.7 Å². The number of nitrogens with zero attached hydrogens (tertiary/aromatic N) is 3. The maximum absolute atomic E-state index is 12.4. The predicted octanol–water partition coefficient (Wildman–Crippen LogP) is 2.12. The number of aromatic nitrogens is 3. The first kappa shape index (κ1) is 18.9. The molecule has 3 rings (SSSR count). The van der Waals surface area contributed by atoms with E-state index in [4.69, 9.17) is 0 Å². The van der Waals surface area contributed by atoms with Gasteiger partial charge in [0.05, 0.1) is 5.56 Å². The number of pyridine rings is 1. The topological polar surface area (TPSA) is 91.0 Å². The number of hydrogen-bond donors (Lipinski definition) is 2. The van der Waals surface area contributed by atoms with E-state index in [2.05, 4.69) is 15.2 Å². The lowest BCUT2D eigenvalue weighted by atomic mass is 9.93. The number of amides is 2. The molecule has 0 bridgehead atoms. The molecule has 1 fully saturated rings. The number of carbonyl (C=O) groups excluding carboxylic acids is 2. The zero-order chi connectivity index (χ0) is 19.4. The Bertz CT molecular complexity index is 798. The van der Waals surface area contributed by atoms with Crippen LogP contribution in [0.25, 0.3) is 0 Å². The summed E-state index contributed by atoms with van der Waals surface area (Å²) in [4.78, 5) is 29.8. The largest absolute Gasteiger partial charge is 0.405 e. The Morgan fingerprint density at radius 2 is 2.04 bits per heavy atom. The van der Waals surface area contributed by atoms with Crippen LogP contribution in [-0.2, 0) is 0 Å². The number of carbonyl (C=O) groups is 2. The minimum absolute atomic E-state index is 0.0552. The van der Waals surface area contributed by atoms with E-state index in [0.717, 1.165) is 0 Å². The number of rotatable bonds is 4. The summed E-state index contributed by atoms with van der Waals surface area (Å²) < 4.78 is 36.5. The quantitative estimate of drug-likeness (QED) is 0.849. The summed E-state index contributed by atoms with van der Waals surface area (Å²) in [5, 5.41) is 8.31. The molecule has 7 nitrogen and oxygen atoms in total. The third-order valence-electron chi connectivity index (χ3n) is 4.41. The van der Waals surface area contributed by atoms with E-state index in [1.807, 2.05) is 0 Å². The normalized spacial score (nSPS) is 15.6. The lowest BCUT2D eigenvalue weighted by Gasteiger charge is -2.31. The monoisotopic (exact) mass is 381 g/mol. The first-order chi connectivity index (χ1) is 12.8. The number of halogens is 3. The van der Waals surface area contributed by atoms with Crippen LogP contribution >= 0.6 is 0 Å². The zero-order valence-corrected chi connectivity index (χ0v) is 14.3. The lowest BCUT2D eigenvalue weighted by molar-refractivity contribution is -0.123. The second-order valence-electron chi connectivity index (χ2n) is 6.31. The van der Waals surface area contributed by atoms with E-state index < -0.39 is 18.6 Å². The predicted molar refractivity (Wildman–Crippen MR) is 89.1 cm³/mol. The first-order valence-corrected chi connectivity index (χ1v) is 8.43. The molecule has 2 N–H and O–H groups in total. The van der Waals surface area contributed by atoms with E-state index in [1.54, 1.807) is 28.5 Å². The highest BCUT2D eigenvalue weighted by atomic mass is 19.4. The van der Waals surface area contributed by atoms with Gasteiger partial charge < -0.3 is 10.2 Å². The minimum atomic E-state index is -4.47. The number of hydrogen-bond acceptors (Lipinski definition) is 4. The van der Waals surface area contributed by atoms with Crippen LogP contribution in [-0.4, -0.2) is 57.7 Å². The molecule has 10 heteroatoms. The van der Waals surface area contributed by atoms with Crippen molar-refractivity contribution in [2.75, 3.05) is 19.6 Å². The third kappa shape index (κ3) is 4.83. The van der Waals surface area contributed by atoms with E-state index in [9.17, 15) is 22.8 Å². The molecular formula is C17H18F3N5O2. The molecule has 2 aromatic rings. The van der Waals surface area contributed by atoms with Crippen molar-refractivity contribution in [3.8, 4) is 0 Å². The highest BCUT2D eigenvalue weighted by molar-refractivity contribution is 5.94. The molecule has 1 aliphatic heterocycles. The smallest absolute Gasteiger partial charge is 0.342 e. The van der Waals surface area contributed by atoms with Gasteiger partial charge in [0.1, 0.15) is 12.2 Å². The third-order valence-corrected chi connectivity index (χ3v) is 4.41. The fourth-order valence-corrected chi connectivity index (χ4v) is 3.00. The van der Waals surface area contributed by atoms with Gasteiger partial charge in [-0.05, 0) is 31.0 Å². The summed E-state index contributed by atoms with van der Waals surface area (Å²) in [6.07, 6.45) is -0.0170. The van der Waals surface area contributed by atoms with Gasteiger partial charge in [0, 0.05) is 37.1 Å². The summed E-state index contributed by atoms with van der Waals surface area (Å²) in [6.45, 7) is -0.330. The van der Waals surface area contributed by atoms with Gasteiger partial charge >= 0.3 is 6.18 Å². The van der Waals surface area contributed by atoms with Gasteiger partial charge in [-0.15, -0.1) is 0 Å². The maximum Gasteiger partial charge on any atom is 0.405 e. The van der Waals surface area contributed by atoms with Gasteiger partial charge in [-0.2, -0.15) is 18.3 Å². The number of aromatic amines is 1. The van der Waals surface area contributed by atoms with Gasteiger partial charge in [0.15, 0.2) is 0 Å². The Labute approximate surface area is 153 Å². The van der Waals surface area contributed by atoms with Gasteiger partial charge in [0.2, 0.25) is 0 Å². The van der Waals surface area contributed by atoms with Crippen LogP contribution < -0.4 is 5.32 Å². The standard InChI is InChI=1S/C17H18F3N5O2/c18-17(19,20)10-22-15(26)14-8-13(23-24-14)11-3-6-25(7-4-11)16(27)12-2-1-5-21-9-12/h1-2,5,8-9,11H,3-4,6-7,10H2,(H,22,26)(H,23,24). The second kappa shape index (κ2) is 7.77. The van der Waals surface area contributed by atoms with Gasteiger partial charge in [-0.1, -0.05) is 0 Å². The lowest BCUT2D eigenvalue weighted by Crippen LogP contribution is -2.38. The molecule has 0 radical (unpaired) electrons. The summed E-state index contributed by atoms with van der Waals surface area (Å²) in [5.41, 5.74) is 1.13. The van der Waals surface area contributed by atoms with Crippen LogP contribution in [0.5, 0.6) is 0 Å². The minimum Gasteiger partial charge on any atom is -0.342 e. The molecule has 2 amide bonds. The van der Waals surface area contributed by atoms with Crippen LogP contribution in [0, 0.1) is 0 Å². The van der Waals surface area contributed by atoms with E-state index in [-0.39, 0.29) is 17.5 Å². The molecule has 27 heavy (non-hydrogen) atoms. The summed E-state index contributed by atoms with van der Waals surface area (Å²) >= 11 is 0. The average Bonchev–Trinajstić information content (AvgIpc) is 3.16. The molecule has 0 aromatic carbocycles. The van der Waals surface area contributed by atoms with Crippen LogP contribution in [0.15, 0.2) is 30.6 Å². The van der Waals surface area contributed by atoms with Crippen LogP contribution in [0.4, 0.5) is 13.2 Å². The van der Waals surface area contributed by atoms with Gasteiger partial charge in [0.25, 0.3) is 11.8 Å². The van der Waals surface area contributed by atoms with Gasteiger partial charge in [-0.25, -0.2) is 0 Å². The fraction of sp³-hybridized carbons (Fsp3) is 0.412. The molecule has 144 valence electrons. The number of alkyl halides is 3. The average molecular weight is 381 g/mol. The van der Waals surface area contributed by atoms with E-state index in [1.165, 1.54) is 12.3 Å². The summed E-state index contributed by atoms with van der Waals surface area (Å²) in [7, 11) is 0. The van der Waals surface area contributed by atoms with Crippen molar-refractivity contribution in [3.63, 3.8) is 0 Å². The molecule has 0 atom stereocenters. The van der Waals surface area contributed by atoms with Crippen molar-refractivity contribution < 1.29 is 22.8 Å². The zero-order valence-electron chi connectivity index (χ0n) is 14.3. The van der Waals surface area contributed by atoms with Crippen LogP contribution in [0.3, 0.4) is 0 Å². The Kier molecular flexibility index (Phi) is 5.43. The fourth-order valence-electron chi connectivity index (χ4n) is 3.00. The molecular weight excluding hydrogens is 363 g/mol. The van der Waals surface area contributed by atoms with Crippen molar-refractivity contribution in [2.45, 2.75) is 24.9 Å². The number of piperidine rings is 1. The molecule has 0 unspecified atom stereocenters. The first-order valence-electron chi connectivity index (χ1n) is 8.43. The van der Waals surface area contributed by atoms with Crippen molar-refractivity contribution in [2.24, 2.45) is 0 Å². The molecule has 1 saturated heterocycles. The molecule has 0 saturated carbocycles. The number of H-pyrrole nitrogens is 1. The maximum atomic E-state index is 12.4. The number of likely N-dealkylation sites (tertiary alicyclic amines) is 1. The molecule has 3 heterocycles. The number of nitrogens with one attached hydrogen (secondary N) is 2. The van der Waals surface area contributed by atoms with E-state index >= 15 is 0 Å². The van der Waals surface area contributed by atoms with Crippen LogP contribution in [0.2, 0.25) is 0 Å². The Morgan fingerprint density at radius 1 is 1.30 bits per heavy atom. The Hall–Kier alpha value is -2.91. The highest BCUT2D eigenvalue weighted by Crippen LogP contribution is 2.27. The van der Waals surface area contributed by atoms with Crippen molar-refractivity contribution in [3.05, 3.63) is 47.5 Å². The summed E-state index contributed by atoms with van der Waals surface area (Å²) in [5.74, 6) is -0.906.